The van der Waals surface area contributed by atoms with E-state index < -0.39 is 5.97 Å². The highest BCUT2D eigenvalue weighted by atomic mass is 16.4. The topological polar surface area (TPSA) is 37.3 Å². The van der Waals surface area contributed by atoms with E-state index in [0.717, 1.165) is 18.4 Å². The molecule has 0 fully saturated rings. The summed E-state index contributed by atoms with van der Waals surface area (Å²) in [5.74, 6) is -0.738. The van der Waals surface area contributed by atoms with Crippen molar-refractivity contribution in [2.45, 2.75) is 78.1 Å². The van der Waals surface area contributed by atoms with Gasteiger partial charge in [0.2, 0.25) is 0 Å². The van der Waals surface area contributed by atoms with Crippen molar-refractivity contribution < 1.29 is 9.90 Å². The van der Waals surface area contributed by atoms with Crippen molar-refractivity contribution in [3.8, 4) is 0 Å². The van der Waals surface area contributed by atoms with E-state index in [4.69, 9.17) is 5.11 Å². The smallest absolute Gasteiger partial charge is 0.307 e. The molecule has 0 aliphatic carbocycles. The van der Waals surface area contributed by atoms with Gasteiger partial charge in [0.25, 0.3) is 0 Å². The molecule has 0 spiro atoms. The molecule has 2 nitrogen and oxygen atoms in total. The van der Waals surface area contributed by atoms with E-state index in [1.54, 1.807) is 0 Å². The van der Waals surface area contributed by atoms with Gasteiger partial charge in [0.15, 0.2) is 0 Å². The Hall–Kier alpha value is -1.31. The quantitative estimate of drug-likeness (QED) is 0.571. The Morgan fingerprint density at radius 2 is 1.29 bits per heavy atom. The number of aliphatic carboxylic acids is 1. The van der Waals surface area contributed by atoms with Gasteiger partial charge in [-0.2, -0.15) is 0 Å². The highest BCUT2D eigenvalue weighted by Gasteiger charge is 2.05. The Bertz CT molecular complexity index is 424. The van der Waals surface area contributed by atoms with Crippen LogP contribution in [0.15, 0.2) is 18.2 Å². The van der Waals surface area contributed by atoms with Crippen LogP contribution in [-0.4, -0.2) is 11.1 Å². The number of carbonyl (C=O) groups is 1. The van der Waals surface area contributed by atoms with Gasteiger partial charge in [0.1, 0.15) is 0 Å². The molecule has 0 aromatic heterocycles. The van der Waals surface area contributed by atoms with Gasteiger partial charge >= 0.3 is 5.97 Å². The van der Waals surface area contributed by atoms with Crippen LogP contribution in [-0.2, 0) is 24.1 Å². The Morgan fingerprint density at radius 1 is 0.810 bits per heavy atom. The molecule has 0 radical (unpaired) electrons. The molecule has 0 unspecified atom stereocenters. The number of hydrogen-bond donors (Lipinski definition) is 1. The Labute approximate surface area is 129 Å². The van der Waals surface area contributed by atoms with E-state index in [1.807, 2.05) is 0 Å². The van der Waals surface area contributed by atoms with Gasteiger partial charge in [-0.1, -0.05) is 64.2 Å². The van der Waals surface area contributed by atoms with E-state index in [2.05, 4.69) is 32.0 Å². The maximum Gasteiger partial charge on any atom is 0.307 e. The molecule has 0 saturated carbocycles. The molecular weight excluding hydrogens is 260 g/mol. The van der Waals surface area contributed by atoms with Crippen molar-refractivity contribution >= 4 is 5.97 Å². The molecule has 1 rings (SSSR count). The standard InChI is InChI=1S/C19H30O2/c1-3-5-7-9-11-17-12-16(10-8-6-4-2)13-18(14-17)15-19(20)21/h12-14H,3-11,15H2,1-2H3,(H,20,21). The van der Waals surface area contributed by atoms with Crippen LogP contribution in [0.5, 0.6) is 0 Å². The summed E-state index contributed by atoms with van der Waals surface area (Å²) in [6, 6.07) is 6.45. The van der Waals surface area contributed by atoms with Crippen molar-refractivity contribution in [2.75, 3.05) is 0 Å². The summed E-state index contributed by atoms with van der Waals surface area (Å²) in [5, 5.41) is 9.01. The van der Waals surface area contributed by atoms with E-state index in [0.29, 0.717) is 0 Å². The molecule has 21 heavy (non-hydrogen) atoms. The zero-order valence-electron chi connectivity index (χ0n) is 13.7. The average Bonchev–Trinajstić information content (AvgIpc) is 2.43. The number of carboxylic acid groups (broad SMARTS) is 1. The molecule has 0 heterocycles. The second kappa shape index (κ2) is 10.4. The molecule has 118 valence electrons. The molecule has 1 aromatic rings. The third-order valence-electron chi connectivity index (χ3n) is 3.86. The lowest BCUT2D eigenvalue weighted by Gasteiger charge is -2.09. The highest BCUT2D eigenvalue weighted by molar-refractivity contribution is 5.70. The zero-order valence-corrected chi connectivity index (χ0v) is 13.7. The molecule has 0 amide bonds. The van der Waals surface area contributed by atoms with Gasteiger partial charge in [-0.3, -0.25) is 4.79 Å². The van der Waals surface area contributed by atoms with E-state index >= 15 is 0 Å². The van der Waals surface area contributed by atoms with Crippen LogP contribution in [0.2, 0.25) is 0 Å². The minimum absolute atomic E-state index is 0.142. The second-order valence-electron chi connectivity index (χ2n) is 6.00. The number of carboxylic acids is 1. The largest absolute Gasteiger partial charge is 0.481 e. The summed E-state index contributed by atoms with van der Waals surface area (Å²) in [6.45, 7) is 4.43. The molecule has 1 N–H and O–H groups in total. The van der Waals surface area contributed by atoms with Crippen molar-refractivity contribution in [1.29, 1.82) is 0 Å². The fourth-order valence-corrected chi connectivity index (χ4v) is 2.74. The van der Waals surface area contributed by atoms with Gasteiger partial charge in [0.05, 0.1) is 6.42 Å². The summed E-state index contributed by atoms with van der Waals surface area (Å²) >= 11 is 0. The van der Waals surface area contributed by atoms with Crippen molar-refractivity contribution in [3.63, 3.8) is 0 Å². The number of hydrogen-bond acceptors (Lipinski definition) is 1. The first-order valence-electron chi connectivity index (χ1n) is 8.49. The maximum absolute atomic E-state index is 11.0. The molecular formula is C19H30O2. The third kappa shape index (κ3) is 7.89. The highest BCUT2D eigenvalue weighted by Crippen LogP contribution is 2.17. The van der Waals surface area contributed by atoms with Crippen LogP contribution in [0, 0.1) is 0 Å². The van der Waals surface area contributed by atoms with Crippen molar-refractivity contribution in [1.82, 2.24) is 0 Å². The summed E-state index contributed by atoms with van der Waals surface area (Å²) in [5.41, 5.74) is 3.59. The van der Waals surface area contributed by atoms with Crippen molar-refractivity contribution in [3.05, 3.63) is 34.9 Å². The van der Waals surface area contributed by atoms with Gasteiger partial charge in [-0.15, -0.1) is 0 Å². The van der Waals surface area contributed by atoms with E-state index in [-0.39, 0.29) is 6.42 Å². The first-order chi connectivity index (χ1) is 10.2. The molecule has 2 heteroatoms. The lowest BCUT2D eigenvalue weighted by atomic mass is 9.97. The van der Waals surface area contributed by atoms with E-state index in [1.165, 1.54) is 56.1 Å². The van der Waals surface area contributed by atoms with E-state index in [9.17, 15) is 4.79 Å². The van der Waals surface area contributed by atoms with Crippen LogP contribution in [0.3, 0.4) is 0 Å². The normalized spacial score (nSPS) is 10.8. The Morgan fingerprint density at radius 3 is 1.81 bits per heavy atom. The van der Waals surface area contributed by atoms with Gasteiger partial charge < -0.3 is 5.11 Å². The average molecular weight is 290 g/mol. The fraction of sp³-hybridized carbons (Fsp3) is 0.632. The second-order valence-corrected chi connectivity index (χ2v) is 6.00. The van der Waals surface area contributed by atoms with Crippen LogP contribution in [0.1, 0.15) is 75.5 Å². The predicted octanol–water partition coefficient (Wildman–Crippen LogP) is 5.17. The first kappa shape index (κ1) is 17.7. The molecule has 0 atom stereocenters. The third-order valence-corrected chi connectivity index (χ3v) is 3.86. The summed E-state index contributed by atoms with van der Waals surface area (Å²) < 4.78 is 0. The minimum atomic E-state index is -0.738. The molecule has 1 aromatic carbocycles. The van der Waals surface area contributed by atoms with Crippen LogP contribution >= 0.6 is 0 Å². The monoisotopic (exact) mass is 290 g/mol. The lowest BCUT2D eigenvalue weighted by molar-refractivity contribution is -0.136. The summed E-state index contributed by atoms with van der Waals surface area (Å²) in [7, 11) is 0. The van der Waals surface area contributed by atoms with Gasteiger partial charge in [0, 0.05) is 0 Å². The fourth-order valence-electron chi connectivity index (χ4n) is 2.74. The lowest BCUT2D eigenvalue weighted by Crippen LogP contribution is -2.02. The molecule has 0 aliphatic rings. The van der Waals surface area contributed by atoms with Crippen LogP contribution in [0.4, 0.5) is 0 Å². The Balaban J connectivity index is 2.69. The SMILES string of the molecule is CCCCCCc1cc(CCCCC)cc(CC(=O)O)c1. The molecule has 0 aliphatic heterocycles. The molecule has 0 bridgehead atoms. The number of aryl methyl sites for hydroxylation is 2. The van der Waals surface area contributed by atoms with Crippen LogP contribution < -0.4 is 0 Å². The maximum atomic E-state index is 11.0. The molecule has 0 saturated heterocycles. The zero-order chi connectivity index (χ0) is 15.5. The number of rotatable bonds is 11. The predicted molar refractivity (Wildman–Crippen MR) is 88.9 cm³/mol. The summed E-state index contributed by atoms with van der Waals surface area (Å²) in [4.78, 5) is 11.0. The van der Waals surface area contributed by atoms with Crippen LogP contribution in [0.25, 0.3) is 0 Å². The number of benzene rings is 1. The number of unbranched alkanes of at least 4 members (excludes halogenated alkanes) is 5. The summed E-state index contributed by atoms with van der Waals surface area (Å²) in [6.07, 6.45) is 11.0. The minimum Gasteiger partial charge on any atom is -0.481 e. The van der Waals surface area contributed by atoms with Gasteiger partial charge in [-0.05, 0) is 42.4 Å². The Kier molecular flexibility index (Phi) is 8.80. The van der Waals surface area contributed by atoms with Crippen molar-refractivity contribution in [2.24, 2.45) is 0 Å². The first-order valence-corrected chi connectivity index (χ1v) is 8.49. The van der Waals surface area contributed by atoms with Gasteiger partial charge in [-0.25, -0.2) is 0 Å².